The Morgan fingerprint density at radius 3 is 2.51 bits per heavy atom. The minimum absolute atomic E-state index is 0.132. The summed E-state index contributed by atoms with van der Waals surface area (Å²) in [5, 5.41) is 11.5. The third-order valence-electron chi connectivity index (χ3n) is 6.90. The fourth-order valence-corrected chi connectivity index (χ4v) is 6.65. The number of hydrogen-bond donors (Lipinski definition) is 2. The number of likely N-dealkylation sites (N-methyl/N-ethyl adjacent to an activating group) is 1. The summed E-state index contributed by atoms with van der Waals surface area (Å²) >= 11 is 1.07. The number of ether oxygens (including phenoxy) is 1. The molecule has 1 amide bonds. The van der Waals surface area contributed by atoms with Crippen molar-refractivity contribution in [1.82, 2.24) is 9.80 Å². The first-order chi connectivity index (χ1) is 19.3. The van der Waals surface area contributed by atoms with Crippen LogP contribution in [0.1, 0.15) is 35.3 Å². The molecule has 0 radical (unpaired) electrons. The number of nitrogens with one attached hydrogen (secondary N) is 1. The Bertz CT molecular complexity index is 1450. The molecule has 2 heterocycles. The van der Waals surface area contributed by atoms with E-state index in [2.05, 4.69) is 4.72 Å². The number of halogens is 3. The van der Waals surface area contributed by atoms with Crippen LogP contribution in [0.5, 0.6) is 5.75 Å². The maximum absolute atomic E-state index is 13.6. The van der Waals surface area contributed by atoms with Gasteiger partial charge in [0.2, 0.25) is 0 Å². The zero-order valence-electron chi connectivity index (χ0n) is 22.8. The van der Waals surface area contributed by atoms with Gasteiger partial charge >= 0.3 is 6.18 Å². The van der Waals surface area contributed by atoms with Crippen molar-refractivity contribution in [2.24, 2.45) is 5.92 Å². The number of alkyl halides is 3. The molecule has 1 aliphatic heterocycles. The summed E-state index contributed by atoms with van der Waals surface area (Å²) in [4.78, 5) is 17.1. The third kappa shape index (κ3) is 7.39. The van der Waals surface area contributed by atoms with Crippen molar-refractivity contribution in [3.63, 3.8) is 0 Å². The van der Waals surface area contributed by atoms with Gasteiger partial charge in [-0.15, -0.1) is 11.3 Å². The lowest BCUT2D eigenvalue weighted by atomic mass is 9.99. The van der Waals surface area contributed by atoms with E-state index in [0.717, 1.165) is 23.5 Å². The number of hydrogen-bond acceptors (Lipinski definition) is 7. The molecule has 0 saturated carbocycles. The first-order valence-electron chi connectivity index (χ1n) is 12.9. The summed E-state index contributed by atoms with van der Waals surface area (Å²) in [6.07, 6.45) is -4.83. The number of sulfonamides is 1. The summed E-state index contributed by atoms with van der Waals surface area (Å²) in [6, 6.07) is 12.1. The fraction of sp³-hybridized carbons (Fsp3) is 0.393. The lowest BCUT2D eigenvalue weighted by Crippen LogP contribution is -2.49. The first kappa shape index (κ1) is 30.8. The van der Waals surface area contributed by atoms with E-state index in [1.807, 2.05) is 18.9 Å². The molecule has 0 saturated heterocycles. The predicted octanol–water partition coefficient (Wildman–Crippen LogP) is 4.92. The van der Waals surface area contributed by atoms with E-state index < -0.39 is 39.8 Å². The highest BCUT2D eigenvalue weighted by Gasteiger charge is 2.34. The number of rotatable bonds is 9. The number of aliphatic hydroxyl groups excluding tert-OH is 1. The summed E-state index contributed by atoms with van der Waals surface area (Å²) in [6.45, 7) is 4.42. The van der Waals surface area contributed by atoms with Crippen molar-refractivity contribution >= 4 is 33.0 Å². The molecule has 0 bridgehead atoms. The van der Waals surface area contributed by atoms with Crippen LogP contribution in [-0.4, -0.2) is 68.1 Å². The highest BCUT2D eigenvalue weighted by Crippen LogP contribution is 2.32. The zero-order valence-corrected chi connectivity index (χ0v) is 24.4. The molecule has 1 aromatic heterocycles. The molecule has 222 valence electrons. The van der Waals surface area contributed by atoms with E-state index in [1.165, 1.54) is 30.3 Å². The second-order valence-electron chi connectivity index (χ2n) is 10.3. The monoisotopic (exact) mass is 611 g/mol. The fourth-order valence-electron chi connectivity index (χ4n) is 4.61. The van der Waals surface area contributed by atoms with Crippen molar-refractivity contribution in [3.05, 3.63) is 76.7 Å². The van der Waals surface area contributed by atoms with Gasteiger partial charge in [0.05, 0.1) is 23.8 Å². The molecule has 13 heteroatoms. The van der Waals surface area contributed by atoms with E-state index in [-0.39, 0.29) is 40.3 Å². The van der Waals surface area contributed by atoms with Crippen LogP contribution in [0.15, 0.2) is 64.2 Å². The smallest absolute Gasteiger partial charge is 0.416 e. The second kappa shape index (κ2) is 12.4. The Balaban J connectivity index is 1.58. The quantitative estimate of drug-likeness (QED) is 0.357. The van der Waals surface area contributed by atoms with Crippen molar-refractivity contribution in [3.8, 4) is 5.75 Å². The van der Waals surface area contributed by atoms with Gasteiger partial charge in [0.1, 0.15) is 16.1 Å². The third-order valence-corrected chi connectivity index (χ3v) is 9.68. The summed E-state index contributed by atoms with van der Waals surface area (Å²) < 4.78 is 73.3. The van der Waals surface area contributed by atoms with E-state index in [4.69, 9.17) is 4.74 Å². The molecular weight excluding hydrogens is 579 g/mol. The Labute approximate surface area is 241 Å². The van der Waals surface area contributed by atoms with Crippen LogP contribution in [0.25, 0.3) is 0 Å². The van der Waals surface area contributed by atoms with Crippen LogP contribution >= 0.6 is 11.3 Å². The molecule has 1 aliphatic rings. The first-order valence-corrected chi connectivity index (χ1v) is 15.3. The molecule has 0 unspecified atom stereocenters. The van der Waals surface area contributed by atoms with Gasteiger partial charge in [0.25, 0.3) is 15.9 Å². The van der Waals surface area contributed by atoms with Crippen molar-refractivity contribution in [2.75, 3.05) is 31.5 Å². The van der Waals surface area contributed by atoms with Crippen LogP contribution < -0.4 is 9.46 Å². The van der Waals surface area contributed by atoms with Gasteiger partial charge < -0.3 is 14.7 Å². The number of nitrogens with zero attached hydrogens (tertiary/aromatic N) is 2. The molecule has 2 N–H and O–H groups in total. The normalized spacial score (nSPS) is 18.8. The number of anilines is 1. The molecule has 8 nitrogen and oxygen atoms in total. The van der Waals surface area contributed by atoms with Crippen LogP contribution in [0.4, 0.5) is 18.9 Å². The molecule has 0 spiro atoms. The topological polar surface area (TPSA) is 99.2 Å². The number of thiophene rings is 1. The number of carbonyl (C=O) groups is 1. The zero-order chi connectivity index (χ0) is 29.9. The van der Waals surface area contributed by atoms with Gasteiger partial charge in [-0.3, -0.25) is 14.4 Å². The summed E-state index contributed by atoms with van der Waals surface area (Å²) in [7, 11) is -2.02. The van der Waals surface area contributed by atoms with Crippen molar-refractivity contribution < 1.29 is 36.2 Å². The van der Waals surface area contributed by atoms with Crippen molar-refractivity contribution in [1.29, 1.82) is 0 Å². The molecule has 0 aliphatic carbocycles. The highest BCUT2D eigenvalue weighted by atomic mass is 32.2. The lowest BCUT2D eigenvalue weighted by molar-refractivity contribution is -0.137. The lowest BCUT2D eigenvalue weighted by Gasteiger charge is -2.38. The number of aliphatic hydroxyl groups is 1. The molecule has 41 heavy (non-hydrogen) atoms. The maximum Gasteiger partial charge on any atom is 0.416 e. The number of benzene rings is 2. The highest BCUT2D eigenvalue weighted by molar-refractivity contribution is 7.94. The van der Waals surface area contributed by atoms with Gasteiger partial charge in [-0.25, -0.2) is 8.42 Å². The minimum atomic E-state index is -4.40. The van der Waals surface area contributed by atoms with Gasteiger partial charge in [-0.2, -0.15) is 13.2 Å². The summed E-state index contributed by atoms with van der Waals surface area (Å²) in [5.74, 6) is -0.306. The van der Waals surface area contributed by atoms with Crippen molar-refractivity contribution in [2.45, 2.75) is 42.9 Å². The number of carbonyl (C=O) groups excluding carboxylic acids is 1. The average Bonchev–Trinajstić information content (AvgIpc) is 3.47. The molecule has 4 rings (SSSR count). The molecular formula is C28H32F3N3O5S2. The van der Waals surface area contributed by atoms with Gasteiger partial charge in [0, 0.05) is 31.2 Å². The molecule has 3 atom stereocenters. The standard InChI is InChI=1S/C28H32F3N3O5S2/c1-18-14-34(19(2)17-35)27(36)23-13-22(32-41(37,38)26-5-4-12-40-26)10-11-24(23)39-25(18)16-33(3)15-20-6-8-21(9-7-20)28(29,30)31/h4-13,18-19,25,32,35H,14-17H2,1-3H3/t18-,19+,25+/m1/s1. The van der Waals surface area contributed by atoms with E-state index in [0.29, 0.717) is 18.7 Å². The Kier molecular flexibility index (Phi) is 9.32. The second-order valence-corrected chi connectivity index (χ2v) is 13.1. The Hall–Kier alpha value is -3.13. The molecule has 3 aromatic rings. The Morgan fingerprint density at radius 1 is 1.20 bits per heavy atom. The SMILES string of the molecule is C[C@@H]1CN([C@@H](C)CO)C(=O)c2cc(NS(=O)(=O)c3cccs3)ccc2O[C@H]1CN(C)Cc1ccc(C(F)(F)F)cc1. The van der Waals surface area contributed by atoms with Gasteiger partial charge in [0.15, 0.2) is 0 Å². The van der Waals surface area contributed by atoms with Crippen LogP contribution in [0.3, 0.4) is 0 Å². The average molecular weight is 612 g/mol. The van der Waals surface area contributed by atoms with Crippen LogP contribution in [-0.2, 0) is 22.7 Å². The molecule has 0 fully saturated rings. The largest absolute Gasteiger partial charge is 0.488 e. The number of amides is 1. The maximum atomic E-state index is 13.6. The number of fused-ring (bicyclic) bond motifs is 1. The van der Waals surface area contributed by atoms with Gasteiger partial charge in [-0.05, 0) is 61.3 Å². The summed E-state index contributed by atoms with van der Waals surface area (Å²) in [5.41, 5.74) is 0.333. The van der Waals surface area contributed by atoms with Crippen LogP contribution in [0, 0.1) is 5.92 Å². The Morgan fingerprint density at radius 2 is 1.90 bits per heavy atom. The van der Waals surface area contributed by atoms with Gasteiger partial charge in [-0.1, -0.05) is 25.1 Å². The molecule has 2 aromatic carbocycles. The van der Waals surface area contributed by atoms with Crippen LogP contribution in [0.2, 0.25) is 0 Å². The van der Waals surface area contributed by atoms with E-state index >= 15 is 0 Å². The van der Waals surface area contributed by atoms with E-state index in [1.54, 1.807) is 29.3 Å². The van der Waals surface area contributed by atoms with E-state index in [9.17, 15) is 31.5 Å². The minimum Gasteiger partial charge on any atom is -0.488 e. The predicted molar refractivity (Wildman–Crippen MR) is 151 cm³/mol.